The van der Waals surface area contributed by atoms with Gasteiger partial charge in [0, 0.05) is 16.7 Å². The van der Waals surface area contributed by atoms with Crippen LogP contribution in [0.5, 0.6) is 0 Å². The number of carbonyl (C=O) groups excluding carboxylic acids is 4. The van der Waals surface area contributed by atoms with Gasteiger partial charge in [0.2, 0.25) is 12.1 Å². The second-order valence-electron chi connectivity index (χ2n) is 9.63. The van der Waals surface area contributed by atoms with E-state index in [1.807, 2.05) is 60.7 Å². The minimum Gasteiger partial charge on any atom is -0.481 e. The molecule has 0 saturated heterocycles. The fraction of sp³-hybridized carbons (Fsp3) is 0.125. The summed E-state index contributed by atoms with van der Waals surface area (Å²) < 4.78 is 0. The molecule has 4 aromatic rings. The van der Waals surface area contributed by atoms with Gasteiger partial charge in [-0.2, -0.15) is 0 Å². The van der Waals surface area contributed by atoms with Gasteiger partial charge in [0.15, 0.2) is 0 Å². The number of nitrogens with zero attached hydrogens (tertiary/aromatic N) is 2. The lowest BCUT2D eigenvalue weighted by atomic mass is 10.0. The van der Waals surface area contributed by atoms with Gasteiger partial charge in [-0.1, -0.05) is 78.9 Å². The molecule has 1 aliphatic rings. The predicted octanol–water partition coefficient (Wildman–Crippen LogP) is 2.94. The van der Waals surface area contributed by atoms with E-state index in [-0.39, 0.29) is 0 Å². The normalized spacial score (nSPS) is 15.1. The van der Waals surface area contributed by atoms with E-state index in [0.29, 0.717) is 34.4 Å². The van der Waals surface area contributed by atoms with E-state index in [1.165, 1.54) is 4.90 Å². The standard InChI is InChI=1S/C32H26N4O6/c37-19-24(17-28(39)40)33-27(38)18-36-26-13-7-6-12-25(26)29(21-9-2-1-3-10-21)34-30(32(36)42)35-31(41)23-15-14-20-8-4-5-11-22(20)16-23/h1-16,19,24,30H,17-18H2,(H,33,38)(H,35,41)(H,39,40). The second kappa shape index (κ2) is 12.3. The summed E-state index contributed by atoms with van der Waals surface area (Å²) >= 11 is 0. The fourth-order valence-corrected chi connectivity index (χ4v) is 4.77. The van der Waals surface area contributed by atoms with Crippen LogP contribution in [0.1, 0.15) is 27.9 Å². The summed E-state index contributed by atoms with van der Waals surface area (Å²) in [5.41, 5.74) is 2.36. The number of nitrogens with one attached hydrogen (secondary N) is 2. The molecule has 0 fully saturated rings. The molecule has 0 spiro atoms. The van der Waals surface area contributed by atoms with Gasteiger partial charge in [-0.15, -0.1) is 0 Å². The zero-order chi connectivity index (χ0) is 29.6. The van der Waals surface area contributed by atoms with Crippen molar-refractivity contribution in [3.05, 3.63) is 114 Å². The van der Waals surface area contributed by atoms with E-state index < -0.39 is 48.9 Å². The first-order chi connectivity index (χ1) is 20.3. The third-order valence-electron chi connectivity index (χ3n) is 6.74. The van der Waals surface area contributed by atoms with Crippen LogP contribution < -0.4 is 15.5 Å². The smallest absolute Gasteiger partial charge is 0.305 e. The van der Waals surface area contributed by atoms with Gasteiger partial charge in [0.1, 0.15) is 12.8 Å². The van der Waals surface area contributed by atoms with Gasteiger partial charge in [-0.25, -0.2) is 4.99 Å². The molecule has 2 atom stereocenters. The molecule has 0 aliphatic carbocycles. The van der Waals surface area contributed by atoms with Gasteiger partial charge in [0.05, 0.1) is 23.9 Å². The average molecular weight is 563 g/mol. The molecular weight excluding hydrogens is 536 g/mol. The van der Waals surface area contributed by atoms with E-state index in [9.17, 15) is 24.0 Å². The van der Waals surface area contributed by atoms with Crippen molar-refractivity contribution in [2.45, 2.75) is 18.6 Å². The molecule has 10 nitrogen and oxygen atoms in total. The van der Waals surface area contributed by atoms with Crippen LogP contribution in [0.15, 0.2) is 102 Å². The molecule has 0 aromatic heterocycles. The summed E-state index contributed by atoms with van der Waals surface area (Å²) in [6.07, 6.45) is -1.68. The summed E-state index contributed by atoms with van der Waals surface area (Å²) in [7, 11) is 0. The Morgan fingerprint density at radius 2 is 1.60 bits per heavy atom. The summed E-state index contributed by atoms with van der Waals surface area (Å²) in [6.45, 7) is -0.542. The van der Waals surface area contributed by atoms with Crippen LogP contribution in [-0.4, -0.2) is 59.5 Å². The van der Waals surface area contributed by atoms with Gasteiger partial charge in [0.25, 0.3) is 11.8 Å². The van der Waals surface area contributed by atoms with Crippen molar-refractivity contribution in [2.75, 3.05) is 11.4 Å². The van der Waals surface area contributed by atoms with Crippen LogP contribution in [0.3, 0.4) is 0 Å². The second-order valence-corrected chi connectivity index (χ2v) is 9.63. The summed E-state index contributed by atoms with van der Waals surface area (Å²) in [4.78, 5) is 68.7. The Morgan fingerprint density at radius 3 is 2.33 bits per heavy atom. The highest BCUT2D eigenvalue weighted by Gasteiger charge is 2.34. The molecule has 2 unspecified atom stereocenters. The number of anilines is 1. The minimum atomic E-state index is -1.40. The maximum Gasteiger partial charge on any atom is 0.305 e. The highest BCUT2D eigenvalue weighted by molar-refractivity contribution is 6.21. The zero-order valence-electron chi connectivity index (χ0n) is 22.3. The van der Waals surface area contributed by atoms with Crippen molar-refractivity contribution in [2.24, 2.45) is 4.99 Å². The highest BCUT2D eigenvalue weighted by Crippen LogP contribution is 2.28. The Balaban J connectivity index is 1.52. The Kier molecular flexibility index (Phi) is 8.14. The van der Waals surface area contributed by atoms with Crippen molar-refractivity contribution in [3.8, 4) is 0 Å². The first-order valence-corrected chi connectivity index (χ1v) is 13.1. The molecule has 3 N–H and O–H groups in total. The number of carboxylic acids is 1. The number of benzene rings is 4. The third-order valence-corrected chi connectivity index (χ3v) is 6.74. The monoisotopic (exact) mass is 562 g/mol. The summed E-state index contributed by atoms with van der Waals surface area (Å²) in [5, 5.41) is 15.9. The van der Waals surface area contributed by atoms with Gasteiger partial charge >= 0.3 is 5.97 Å². The number of fused-ring (bicyclic) bond motifs is 2. The summed E-state index contributed by atoms with van der Waals surface area (Å²) in [5.74, 6) is -3.23. The van der Waals surface area contributed by atoms with Crippen molar-refractivity contribution in [3.63, 3.8) is 0 Å². The molecule has 0 radical (unpaired) electrons. The minimum absolute atomic E-state index is 0.325. The Labute approximate surface area is 240 Å². The molecular formula is C32H26N4O6. The number of hydrogen-bond donors (Lipinski definition) is 3. The molecule has 0 saturated carbocycles. The maximum atomic E-state index is 14.0. The average Bonchev–Trinajstić information content (AvgIpc) is 3.11. The van der Waals surface area contributed by atoms with Crippen LogP contribution in [0.25, 0.3) is 10.8 Å². The Morgan fingerprint density at radius 1 is 0.905 bits per heavy atom. The zero-order valence-corrected chi connectivity index (χ0v) is 22.3. The number of aliphatic carboxylic acids is 1. The lowest BCUT2D eigenvalue weighted by Crippen LogP contribution is -2.51. The van der Waals surface area contributed by atoms with Gasteiger partial charge in [-0.05, 0) is 29.0 Å². The fourth-order valence-electron chi connectivity index (χ4n) is 4.77. The number of carbonyl (C=O) groups is 5. The molecule has 42 heavy (non-hydrogen) atoms. The molecule has 1 aliphatic heterocycles. The van der Waals surface area contributed by atoms with E-state index in [4.69, 9.17) is 10.1 Å². The van der Waals surface area contributed by atoms with E-state index in [2.05, 4.69) is 10.6 Å². The summed E-state index contributed by atoms with van der Waals surface area (Å²) in [6, 6.07) is 27.5. The maximum absolute atomic E-state index is 14.0. The molecule has 1 heterocycles. The van der Waals surface area contributed by atoms with E-state index in [1.54, 1.807) is 36.4 Å². The molecule has 0 bridgehead atoms. The van der Waals surface area contributed by atoms with E-state index in [0.717, 1.165) is 10.8 Å². The SMILES string of the molecule is O=CC(CC(=O)O)NC(=O)CN1C(=O)C(NC(=O)c2ccc3ccccc3c2)N=C(c2ccccc2)c2ccccc21. The number of benzodiazepines with no additional fused rings is 1. The van der Waals surface area contributed by atoms with Crippen LogP contribution in [0.4, 0.5) is 5.69 Å². The third kappa shape index (κ3) is 6.07. The molecule has 4 aromatic carbocycles. The Hall–Kier alpha value is -5.64. The molecule has 5 rings (SSSR count). The van der Waals surface area contributed by atoms with Crippen LogP contribution in [0.2, 0.25) is 0 Å². The van der Waals surface area contributed by atoms with Crippen molar-refractivity contribution >= 4 is 52.1 Å². The Bertz CT molecular complexity index is 1720. The van der Waals surface area contributed by atoms with Crippen LogP contribution in [0, 0.1) is 0 Å². The van der Waals surface area contributed by atoms with E-state index >= 15 is 0 Å². The van der Waals surface area contributed by atoms with Crippen molar-refractivity contribution < 1.29 is 29.1 Å². The molecule has 10 heteroatoms. The number of hydrogen-bond acceptors (Lipinski definition) is 6. The lowest BCUT2D eigenvalue weighted by molar-refractivity contribution is -0.138. The quantitative estimate of drug-likeness (QED) is 0.268. The number of para-hydroxylation sites is 1. The number of amides is 3. The number of rotatable bonds is 9. The predicted molar refractivity (Wildman–Crippen MR) is 156 cm³/mol. The molecule has 3 amide bonds. The van der Waals surface area contributed by atoms with Crippen molar-refractivity contribution in [1.82, 2.24) is 10.6 Å². The van der Waals surface area contributed by atoms with Gasteiger partial charge in [-0.3, -0.25) is 24.1 Å². The first-order valence-electron chi connectivity index (χ1n) is 13.1. The topological polar surface area (TPSA) is 145 Å². The number of aldehydes is 1. The molecule has 210 valence electrons. The van der Waals surface area contributed by atoms with Crippen molar-refractivity contribution in [1.29, 1.82) is 0 Å². The number of carboxylic acid groups (broad SMARTS) is 1. The largest absolute Gasteiger partial charge is 0.481 e. The highest BCUT2D eigenvalue weighted by atomic mass is 16.4. The van der Waals surface area contributed by atoms with Crippen LogP contribution in [-0.2, 0) is 19.2 Å². The van der Waals surface area contributed by atoms with Gasteiger partial charge < -0.3 is 20.5 Å². The lowest BCUT2D eigenvalue weighted by Gasteiger charge is -2.25. The number of aliphatic imine (C=N–C) groups is 1. The van der Waals surface area contributed by atoms with Crippen LogP contribution >= 0.6 is 0 Å². The first kappa shape index (κ1) is 27.9.